The van der Waals surface area contributed by atoms with Crippen LogP contribution in [0.3, 0.4) is 0 Å². The number of aryl methyl sites for hydroxylation is 1. The third-order valence-electron chi connectivity index (χ3n) is 5.70. The Labute approximate surface area is 187 Å². The van der Waals surface area contributed by atoms with Crippen molar-refractivity contribution in [1.82, 2.24) is 15.0 Å². The number of carbonyl (C=O) groups excluding carboxylic acids is 1. The molecule has 2 unspecified atom stereocenters. The maximum atomic E-state index is 13.9. The number of halogens is 1. The number of amides is 1. The second-order valence-corrected chi connectivity index (χ2v) is 9.52. The predicted octanol–water partition coefficient (Wildman–Crippen LogP) is 4.43. The van der Waals surface area contributed by atoms with Crippen molar-refractivity contribution >= 4 is 6.09 Å². The zero-order valence-electron chi connectivity index (χ0n) is 19.1. The third kappa shape index (κ3) is 4.94. The van der Waals surface area contributed by atoms with Crippen LogP contribution < -0.4 is 0 Å². The lowest BCUT2D eigenvalue weighted by Crippen LogP contribution is -2.61. The first kappa shape index (κ1) is 22.7. The van der Waals surface area contributed by atoms with Gasteiger partial charge in [-0.2, -0.15) is 4.98 Å². The largest absolute Gasteiger partial charge is 0.444 e. The number of rotatable bonds is 4. The summed E-state index contributed by atoms with van der Waals surface area (Å²) < 4.78 is 36.8. The minimum atomic E-state index is -0.551. The topological polar surface area (TPSA) is 86.9 Å². The van der Waals surface area contributed by atoms with E-state index in [0.717, 1.165) is 0 Å². The molecular weight excluding hydrogens is 417 g/mol. The fourth-order valence-corrected chi connectivity index (χ4v) is 4.19. The summed E-state index contributed by atoms with van der Waals surface area (Å²) in [6, 6.07) is 4.61. The Morgan fingerprint density at radius 3 is 2.56 bits per heavy atom. The highest BCUT2D eigenvalue weighted by atomic mass is 19.1. The number of piperidine rings is 1. The van der Waals surface area contributed by atoms with E-state index < -0.39 is 11.7 Å². The molecule has 2 aliphatic heterocycles. The first-order chi connectivity index (χ1) is 15.1. The maximum Gasteiger partial charge on any atom is 0.410 e. The fraction of sp³-hybridized carbons (Fsp3) is 0.609. The molecule has 1 aromatic carbocycles. The highest BCUT2D eigenvalue weighted by Gasteiger charge is 2.44. The van der Waals surface area contributed by atoms with Crippen LogP contribution in [0.2, 0.25) is 0 Å². The minimum Gasteiger partial charge on any atom is -0.444 e. The second-order valence-electron chi connectivity index (χ2n) is 9.52. The predicted molar refractivity (Wildman–Crippen MR) is 113 cm³/mol. The first-order valence-corrected chi connectivity index (χ1v) is 11.0. The summed E-state index contributed by atoms with van der Waals surface area (Å²) in [6.45, 7) is 10.0. The summed E-state index contributed by atoms with van der Waals surface area (Å²) in [4.78, 5) is 18.9. The Morgan fingerprint density at radius 1 is 1.25 bits per heavy atom. The molecule has 174 valence electrons. The Kier molecular flexibility index (Phi) is 6.22. The van der Waals surface area contributed by atoms with E-state index >= 15 is 0 Å². The monoisotopic (exact) mass is 447 g/mol. The van der Waals surface area contributed by atoms with Crippen LogP contribution in [0.5, 0.6) is 0 Å². The van der Waals surface area contributed by atoms with E-state index in [0.29, 0.717) is 48.9 Å². The number of hydrogen-bond donors (Lipinski definition) is 0. The fourth-order valence-electron chi connectivity index (χ4n) is 4.19. The number of aromatic nitrogens is 2. The number of nitrogens with zero attached hydrogens (tertiary/aromatic N) is 3. The highest BCUT2D eigenvalue weighted by Crippen LogP contribution is 2.33. The molecule has 2 saturated heterocycles. The van der Waals surface area contributed by atoms with E-state index in [9.17, 15) is 9.18 Å². The normalized spacial score (nSPS) is 24.3. The van der Waals surface area contributed by atoms with Crippen molar-refractivity contribution in [3.8, 4) is 11.4 Å². The second kappa shape index (κ2) is 8.78. The summed E-state index contributed by atoms with van der Waals surface area (Å²) in [5.41, 5.74) is 0.554. The lowest BCUT2D eigenvalue weighted by atomic mass is 9.92. The van der Waals surface area contributed by atoms with Crippen molar-refractivity contribution in [2.75, 3.05) is 13.2 Å². The van der Waals surface area contributed by atoms with Crippen LogP contribution in [0.1, 0.15) is 58.1 Å². The van der Waals surface area contributed by atoms with Crippen molar-refractivity contribution in [1.29, 1.82) is 0 Å². The van der Waals surface area contributed by atoms with Gasteiger partial charge in [-0.05, 0) is 59.1 Å². The van der Waals surface area contributed by atoms with Gasteiger partial charge in [-0.15, -0.1) is 0 Å². The molecule has 0 spiro atoms. The van der Waals surface area contributed by atoms with Crippen LogP contribution in [0.4, 0.5) is 9.18 Å². The lowest BCUT2D eigenvalue weighted by molar-refractivity contribution is -0.131. The molecule has 0 N–H and O–H groups in total. The summed E-state index contributed by atoms with van der Waals surface area (Å²) in [5, 5.41) is 3.98. The lowest BCUT2D eigenvalue weighted by Gasteiger charge is -2.48. The van der Waals surface area contributed by atoms with Crippen LogP contribution in [0.25, 0.3) is 11.4 Å². The molecule has 2 fully saturated rings. The van der Waals surface area contributed by atoms with Gasteiger partial charge in [-0.3, -0.25) is 4.90 Å². The molecule has 1 aromatic heterocycles. The minimum absolute atomic E-state index is 0.0882. The molecule has 32 heavy (non-hydrogen) atoms. The highest BCUT2D eigenvalue weighted by molar-refractivity contribution is 5.69. The Balaban J connectivity index is 1.41. The van der Waals surface area contributed by atoms with Crippen LogP contribution >= 0.6 is 0 Å². The van der Waals surface area contributed by atoms with Crippen molar-refractivity contribution in [2.45, 2.75) is 77.4 Å². The number of ether oxygens (including phenoxy) is 3. The van der Waals surface area contributed by atoms with Gasteiger partial charge < -0.3 is 18.7 Å². The smallest absolute Gasteiger partial charge is 0.410 e. The molecule has 9 heteroatoms. The van der Waals surface area contributed by atoms with Gasteiger partial charge in [0.2, 0.25) is 5.82 Å². The number of morpholine rings is 1. The van der Waals surface area contributed by atoms with E-state index in [1.807, 2.05) is 27.7 Å². The van der Waals surface area contributed by atoms with Gasteiger partial charge in [0.1, 0.15) is 17.5 Å². The molecule has 1 amide bonds. The van der Waals surface area contributed by atoms with E-state index in [4.69, 9.17) is 18.7 Å². The van der Waals surface area contributed by atoms with Gasteiger partial charge >= 0.3 is 6.09 Å². The van der Waals surface area contributed by atoms with Crippen LogP contribution in [-0.2, 0) is 14.2 Å². The molecule has 0 radical (unpaired) electrons. The van der Waals surface area contributed by atoms with Gasteiger partial charge in [0, 0.05) is 5.56 Å². The van der Waals surface area contributed by atoms with E-state index in [1.165, 1.54) is 6.07 Å². The standard InChI is InChI=1S/C23H30FN3O5/c1-13-6-7-15(8-19(13)24)20-25-21(32-26-20)14(2)30-18-9-16-11-29-12-17(10-18)27(16)22(28)31-23(3,4)5/h6-8,14,16-18H,9-12H2,1-5H3/t14-,16?,17?,18?/m1/s1. The molecular formula is C23H30FN3O5. The van der Waals surface area contributed by atoms with Crippen molar-refractivity contribution < 1.29 is 27.9 Å². The van der Waals surface area contributed by atoms with Crippen LogP contribution in [-0.4, -0.2) is 58.1 Å². The van der Waals surface area contributed by atoms with Gasteiger partial charge in [0.05, 0.1) is 31.4 Å². The van der Waals surface area contributed by atoms with E-state index in [1.54, 1.807) is 24.0 Å². The SMILES string of the molecule is Cc1ccc(-c2noc([C@@H](C)OC3CC4COCC(C3)N4C(=O)OC(C)(C)C)n2)cc1F. The zero-order valence-corrected chi connectivity index (χ0v) is 19.1. The summed E-state index contributed by atoms with van der Waals surface area (Å²) in [6.07, 6.45) is 0.421. The third-order valence-corrected chi connectivity index (χ3v) is 5.70. The molecule has 4 rings (SSSR count). The average molecular weight is 448 g/mol. The molecule has 8 nitrogen and oxygen atoms in total. The molecule has 2 aliphatic rings. The number of fused-ring (bicyclic) bond motifs is 2. The molecule has 2 aromatic rings. The Bertz CT molecular complexity index is 959. The molecule has 2 bridgehead atoms. The van der Waals surface area contributed by atoms with Crippen molar-refractivity contribution in [3.63, 3.8) is 0 Å². The summed E-state index contributed by atoms with van der Waals surface area (Å²) in [5.74, 6) is 0.333. The summed E-state index contributed by atoms with van der Waals surface area (Å²) in [7, 11) is 0. The van der Waals surface area contributed by atoms with Crippen molar-refractivity contribution in [3.05, 3.63) is 35.5 Å². The molecule has 3 atom stereocenters. The Morgan fingerprint density at radius 2 is 1.94 bits per heavy atom. The zero-order chi connectivity index (χ0) is 23.0. The van der Waals surface area contributed by atoms with Crippen LogP contribution in [0.15, 0.2) is 22.7 Å². The summed E-state index contributed by atoms with van der Waals surface area (Å²) >= 11 is 0. The van der Waals surface area contributed by atoms with Crippen molar-refractivity contribution in [2.24, 2.45) is 0 Å². The molecule has 3 heterocycles. The Hall–Kier alpha value is -2.52. The molecule has 0 saturated carbocycles. The quantitative estimate of drug-likeness (QED) is 0.685. The van der Waals surface area contributed by atoms with Crippen LogP contribution in [0, 0.1) is 12.7 Å². The average Bonchev–Trinajstić information content (AvgIpc) is 3.18. The molecule has 0 aliphatic carbocycles. The van der Waals surface area contributed by atoms with Gasteiger partial charge in [0.25, 0.3) is 5.89 Å². The number of hydrogen-bond acceptors (Lipinski definition) is 7. The van der Waals surface area contributed by atoms with E-state index in [-0.39, 0.29) is 30.1 Å². The van der Waals surface area contributed by atoms with E-state index in [2.05, 4.69) is 10.1 Å². The maximum absolute atomic E-state index is 13.9. The number of benzene rings is 1. The van der Waals surface area contributed by atoms with Gasteiger partial charge in [-0.25, -0.2) is 9.18 Å². The van der Waals surface area contributed by atoms with Gasteiger partial charge in [-0.1, -0.05) is 17.3 Å². The number of carbonyl (C=O) groups is 1. The van der Waals surface area contributed by atoms with Gasteiger partial charge in [0.15, 0.2) is 0 Å². The first-order valence-electron chi connectivity index (χ1n) is 11.0.